The van der Waals surface area contributed by atoms with Crippen molar-refractivity contribution in [2.75, 3.05) is 12.4 Å². The van der Waals surface area contributed by atoms with Crippen molar-refractivity contribution in [3.05, 3.63) is 63.6 Å². The molecule has 0 saturated carbocycles. The van der Waals surface area contributed by atoms with Crippen molar-refractivity contribution in [1.82, 2.24) is 0 Å². The van der Waals surface area contributed by atoms with Crippen LogP contribution in [0.2, 0.25) is 10.0 Å². The van der Waals surface area contributed by atoms with Crippen LogP contribution in [-0.2, 0) is 4.74 Å². The summed E-state index contributed by atoms with van der Waals surface area (Å²) in [6, 6.07) is 12.5. The standard InChI is InChI=1S/C16H15Cl2NO2/c1-10(11-4-3-5-12(17)8-11)19-15-9-13(18)6-7-14(15)16(20)21-2/h3-10,19H,1-2H3. The molecule has 2 rings (SSSR count). The van der Waals surface area contributed by atoms with Gasteiger partial charge in [0.05, 0.1) is 18.4 Å². The molecule has 1 N–H and O–H groups in total. The van der Waals surface area contributed by atoms with Crippen molar-refractivity contribution >= 4 is 34.9 Å². The largest absolute Gasteiger partial charge is 0.465 e. The zero-order valence-electron chi connectivity index (χ0n) is 11.7. The van der Waals surface area contributed by atoms with Gasteiger partial charge >= 0.3 is 5.97 Å². The number of nitrogens with one attached hydrogen (secondary N) is 1. The molecule has 0 fully saturated rings. The topological polar surface area (TPSA) is 38.3 Å². The van der Waals surface area contributed by atoms with Gasteiger partial charge in [-0.3, -0.25) is 0 Å². The highest BCUT2D eigenvalue weighted by Gasteiger charge is 2.15. The van der Waals surface area contributed by atoms with Crippen LogP contribution in [0.25, 0.3) is 0 Å². The van der Waals surface area contributed by atoms with Crippen molar-refractivity contribution in [3.8, 4) is 0 Å². The van der Waals surface area contributed by atoms with Crippen molar-refractivity contribution in [1.29, 1.82) is 0 Å². The quantitative estimate of drug-likeness (QED) is 0.809. The van der Waals surface area contributed by atoms with E-state index in [1.165, 1.54) is 7.11 Å². The SMILES string of the molecule is COC(=O)c1ccc(Cl)cc1NC(C)c1cccc(Cl)c1. The Bertz CT molecular complexity index is 658. The summed E-state index contributed by atoms with van der Waals surface area (Å²) in [5.74, 6) is -0.410. The van der Waals surface area contributed by atoms with Gasteiger partial charge in [0.1, 0.15) is 0 Å². The molecule has 1 atom stereocenters. The molecule has 3 nitrogen and oxygen atoms in total. The van der Waals surface area contributed by atoms with Gasteiger partial charge < -0.3 is 10.1 Å². The van der Waals surface area contributed by atoms with E-state index in [-0.39, 0.29) is 6.04 Å². The first-order chi connectivity index (χ1) is 10.0. The number of hydrogen-bond acceptors (Lipinski definition) is 3. The van der Waals surface area contributed by atoms with Gasteiger partial charge in [0, 0.05) is 16.1 Å². The van der Waals surface area contributed by atoms with Gasteiger partial charge in [0.25, 0.3) is 0 Å². The summed E-state index contributed by atoms with van der Waals surface area (Å²) in [6.07, 6.45) is 0. The summed E-state index contributed by atoms with van der Waals surface area (Å²) < 4.78 is 4.78. The molecule has 1 unspecified atom stereocenters. The van der Waals surface area contributed by atoms with Crippen molar-refractivity contribution in [2.45, 2.75) is 13.0 Å². The molecule has 110 valence electrons. The molecule has 0 bridgehead atoms. The fraction of sp³-hybridized carbons (Fsp3) is 0.188. The summed E-state index contributed by atoms with van der Waals surface area (Å²) in [6.45, 7) is 1.98. The molecule has 2 aromatic carbocycles. The second-order valence-corrected chi connectivity index (χ2v) is 5.48. The Morgan fingerprint density at radius 2 is 1.86 bits per heavy atom. The van der Waals surface area contributed by atoms with E-state index in [9.17, 15) is 4.79 Å². The average Bonchev–Trinajstić information content (AvgIpc) is 2.46. The third-order valence-electron chi connectivity index (χ3n) is 3.11. The number of anilines is 1. The van der Waals surface area contributed by atoms with Crippen LogP contribution in [0.5, 0.6) is 0 Å². The minimum Gasteiger partial charge on any atom is -0.465 e. The smallest absolute Gasteiger partial charge is 0.339 e. The minimum absolute atomic E-state index is 0.0365. The van der Waals surface area contributed by atoms with E-state index in [2.05, 4.69) is 5.32 Å². The lowest BCUT2D eigenvalue weighted by atomic mass is 10.1. The molecule has 0 aromatic heterocycles. The molecule has 0 amide bonds. The van der Waals surface area contributed by atoms with E-state index in [0.717, 1.165) is 5.56 Å². The Kier molecular flexibility index (Phi) is 5.10. The molecule has 5 heteroatoms. The summed E-state index contributed by atoms with van der Waals surface area (Å²) in [5.41, 5.74) is 2.08. The van der Waals surface area contributed by atoms with E-state index >= 15 is 0 Å². The first kappa shape index (κ1) is 15.7. The zero-order valence-corrected chi connectivity index (χ0v) is 13.2. The van der Waals surface area contributed by atoms with Gasteiger partial charge in [0.15, 0.2) is 0 Å². The van der Waals surface area contributed by atoms with Crippen LogP contribution in [0.1, 0.15) is 28.9 Å². The predicted molar refractivity (Wildman–Crippen MR) is 86.3 cm³/mol. The molecule has 0 aliphatic rings. The second kappa shape index (κ2) is 6.83. The lowest BCUT2D eigenvalue weighted by Crippen LogP contribution is -2.11. The maximum Gasteiger partial charge on any atom is 0.339 e. The van der Waals surface area contributed by atoms with Gasteiger partial charge in [-0.15, -0.1) is 0 Å². The van der Waals surface area contributed by atoms with Gasteiger partial charge in [0.2, 0.25) is 0 Å². The number of esters is 1. The Morgan fingerprint density at radius 1 is 1.14 bits per heavy atom. The number of halogens is 2. The molecule has 0 aliphatic heterocycles. The number of rotatable bonds is 4. The molecule has 0 spiro atoms. The normalized spacial score (nSPS) is 11.8. The van der Waals surface area contributed by atoms with E-state index in [1.54, 1.807) is 18.2 Å². The van der Waals surface area contributed by atoms with Crippen LogP contribution in [0.4, 0.5) is 5.69 Å². The van der Waals surface area contributed by atoms with Gasteiger partial charge in [-0.1, -0.05) is 35.3 Å². The lowest BCUT2D eigenvalue weighted by molar-refractivity contribution is 0.0602. The maximum atomic E-state index is 11.8. The highest BCUT2D eigenvalue weighted by Crippen LogP contribution is 2.27. The number of carbonyl (C=O) groups is 1. The van der Waals surface area contributed by atoms with E-state index in [1.807, 2.05) is 31.2 Å². The van der Waals surface area contributed by atoms with Crippen LogP contribution in [0, 0.1) is 0 Å². The Balaban J connectivity index is 2.30. The summed E-state index contributed by atoms with van der Waals surface area (Å²) in [4.78, 5) is 11.8. The third kappa shape index (κ3) is 3.90. The second-order valence-electron chi connectivity index (χ2n) is 4.60. The van der Waals surface area contributed by atoms with Gasteiger partial charge in [-0.05, 0) is 42.8 Å². The molecule has 0 aliphatic carbocycles. The van der Waals surface area contributed by atoms with Crippen LogP contribution < -0.4 is 5.32 Å². The Hall–Kier alpha value is -1.71. The number of methoxy groups -OCH3 is 1. The van der Waals surface area contributed by atoms with E-state index in [0.29, 0.717) is 21.3 Å². The van der Waals surface area contributed by atoms with E-state index < -0.39 is 5.97 Å². The molecular formula is C16H15Cl2NO2. The van der Waals surface area contributed by atoms with Crippen molar-refractivity contribution in [3.63, 3.8) is 0 Å². The summed E-state index contributed by atoms with van der Waals surface area (Å²) >= 11 is 12.0. The molecule has 2 aromatic rings. The fourth-order valence-electron chi connectivity index (χ4n) is 2.02. The molecule has 0 saturated heterocycles. The van der Waals surface area contributed by atoms with Crippen LogP contribution in [0.3, 0.4) is 0 Å². The van der Waals surface area contributed by atoms with Crippen LogP contribution in [-0.4, -0.2) is 13.1 Å². The molecule has 0 heterocycles. The Labute approximate surface area is 133 Å². The summed E-state index contributed by atoms with van der Waals surface area (Å²) in [7, 11) is 1.35. The number of ether oxygens (including phenoxy) is 1. The Morgan fingerprint density at radius 3 is 2.52 bits per heavy atom. The third-order valence-corrected chi connectivity index (χ3v) is 3.58. The van der Waals surface area contributed by atoms with E-state index in [4.69, 9.17) is 27.9 Å². The fourth-order valence-corrected chi connectivity index (χ4v) is 2.39. The molecular weight excluding hydrogens is 309 g/mol. The monoisotopic (exact) mass is 323 g/mol. The lowest BCUT2D eigenvalue weighted by Gasteiger charge is -2.18. The first-order valence-corrected chi connectivity index (χ1v) is 7.16. The van der Waals surface area contributed by atoms with Gasteiger partial charge in [-0.25, -0.2) is 4.79 Å². The van der Waals surface area contributed by atoms with Crippen LogP contribution in [0.15, 0.2) is 42.5 Å². The van der Waals surface area contributed by atoms with Crippen LogP contribution >= 0.6 is 23.2 Å². The number of benzene rings is 2. The highest BCUT2D eigenvalue weighted by molar-refractivity contribution is 6.31. The number of carbonyl (C=O) groups excluding carboxylic acids is 1. The van der Waals surface area contributed by atoms with Gasteiger partial charge in [-0.2, -0.15) is 0 Å². The molecule has 0 radical (unpaired) electrons. The predicted octanol–water partition coefficient (Wildman–Crippen LogP) is 4.95. The number of hydrogen-bond donors (Lipinski definition) is 1. The summed E-state index contributed by atoms with van der Waals surface area (Å²) in [5, 5.41) is 4.48. The van der Waals surface area contributed by atoms with Crippen molar-refractivity contribution < 1.29 is 9.53 Å². The van der Waals surface area contributed by atoms with Crippen molar-refractivity contribution in [2.24, 2.45) is 0 Å². The average molecular weight is 324 g/mol. The highest BCUT2D eigenvalue weighted by atomic mass is 35.5. The molecule has 21 heavy (non-hydrogen) atoms. The first-order valence-electron chi connectivity index (χ1n) is 6.41. The zero-order chi connectivity index (χ0) is 15.4. The maximum absolute atomic E-state index is 11.8. The minimum atomic E-state index is -0.410.